The van der Waals surface area contributed by atoms with Gasteiger partial charge in [-0.25, -0.2) is 0 Å². The molecule has 0 aliphatic heterocycles. The lowest BCUT2D eigenvalue weighted by Gasteiger charge is -2.19. The van der Waals surface area contributed by atoms with E-state index in [0.717, 1.165) is 57.2 Å². The number of rotatable bonds is 25. The van der Waals surface area contributed by atoms with Gasteiger partial charge in [0.15, 0.2) is 0 Å². The lowest BCUT2D eigenvalue weighted by molar-refractivity contribution is 0.348. The Morgan fingerprint density at radius 1 is 0.853 bits per heavy atom. The Morgan fingerprint density at radius 2 is 1.50 bits per heavy atom. The standard InChI is InChI=1S/C31H61N3/c1-5-6-7-14-21-31(28(2)3)22-15-10-12-19-29(4)26-30(27-33)20-13-11-18-25-34-24-17-9-8-16-23-32/h10,15,26-28,30-31,33-34H,5-9,11-14,16-25,32H2,1-4H3/b15-10+,29-26+,33-27?. The minimum atomic E-state index is 0.313. The maximum Gasteiger partial charge on any atom is 0.0117 e. The Hall–Kier alpha value is -0.930. The molecule has 0 radical (unpaired) electrons. The SMILES string of the molecule is CCCCCCC(C/C=C/CC/C(C)=C/C(C=N)CCCCCNCCCCCCN)C(C)C. The first kappa shape index (κ1) is 33.1. The van der Waals surface area contributed by atoms with E-state index in [2.05, 4.69) is 51.2 Å². The summed E-state index contributed by atoms with van der Waals surface area (Å²) in [5, 5.41) is 11.4. The van der Waals surface area contributed by atoms with Gasteiger partial charge >= 0.3 is 0 Å². The second kappa shape index (κ2) is 25.2. The van der Waals surface area contributed by atoms with E-state index in [9.17, 15) is 0 Å². The fraction of sp³-hybridized carbons (Fsp3) is 0.839. The summed E-state index contributed by atoms with van der Waals surface area (Å²) in [6.45, 7) is 12.4. The Labute approximate surface area is 214 Å². The smallest absolute Gasteiger partial charge is 0.0117 e. The van der Waals surface area contributed by atoms with E-state index in [1.54, 1.807) is 6.21 Å². The van der Waals surface area contributed by atoms with Crippen molar-refractivity contribution in [3.63, 3.8) is 0 Å². The van der Waals surface area contributed by atoms with E-state index in [-0.39, 0.29) is 0 Å². The summed E-state index contributed by atoms with van der Waals surface area (Å²) in [4.78, 5) is 0. The van der Waals surface area contributed by atoms with Crippen molar-refractivity contribution >= 4 is 6.21 Å². The third-order valence-corrected chi connectivity index (χ3v) is 7.09. The van der Waals surface area contributed by atoms with Gasteiger partial charge < -0.3 is 16.5 Å². The van der Waals surface area contributed by atoms with Gasteiger partial charge in [0.05, 0.1) is 0 Å². The van der Waals surface area contributed by atoms with Gasteiger partial charge in [-0.1, -0.05) is 95.9 Å². The van der Waals surface area contributed by atoms with Crippen molar-refractivity contribution in [1.82, 2.24) is 5.32 Å². The Balaban J connectivity index is 3.93. The van der Waals surface area contributed by atoms with Gasteiger partial charge in [-0.15, -0.1) is 0 Å². The molecule has 0 fully saturated rings. The van der Waals surface area contributed by atoms with Gasteiger partial charge in [-0.05, 0) is 89.8 Å². The van der Waals surface area contributed by atoms with Crippen LogP contribution in [0, 0.1) is 23.2 Å². The van der Waals surface area contributed by atoms with Gasteiger partial charge in [-0.2, -0.15) is 0 Å². The molecule has 3 heteroatoms. The molecule has 0 saturated carbocycles. The average Bonchev–Trinajstić information content (AvgIpc) is 2.82. The molecule has 0 heterocycles. The highest BCUT2D eigenvalue weighted by Crippen LogP contribution is 2.23. The molecule has 0 aliphatic rings. The lowest BCUT2D eigenvalue weighted by atomic mass is 9.87. The summed E-state index contributed by atoms with van der Waals surface area (Å²) >= 11 is 0. The topological polar surface area (TPSA) is 61.9 Å². The predicted molar refractivity (Wildman–Crippen MR) is 155 cm³/mol. The minimum Gasteiger partial charge on any atom is -0.330 e. The summed E-state index contributed by atoms with van der Waals surface area (Å²) < 4.78 is 0. The summed E-state index contributed by atoms with van der Waals surface area (Å²) in [7, 11) is 0. The van der Waals surface area contributed by atoms with Crippen molar-refractivity contribution in [3.05, 3.63) is 23.8 Å². The van der Waals surface area contributed by atoms with Gasteiger partial charge in [-0.3, -0.25) is 0 Å². The zero-order chi connectivity index (χ0) is 25.3. The molecule has 2 atom stereocenters. The Bertz CT molecular complexity index is 495. The third-order valence-electron chi connectivity index (χ3n) is 7.09. The highest BCUT2D eigenvalue weighted by atomic mass is 14.8. The summed E-state index contributed by atoms with van der Waals surface area (Å²) in [5.41, 5.74) is 6.97. The van der Waals surface area contributed by atoms with Crippen molar-refractivity contribution in [1.29, 1.82) is 5.41 Å². The zero-order valence-electron chi connectivity index (χ0n) is 23.6. The van der Waals surface area contributed by atoms with Crippen LogP contribution in [0.2, 0.25) is 0 Å². The zero-order valence-corrected chi connectivity index (χ0v) is 23.6. The number of nitrogens with two attached hydrogens (primary N) is 1. The van der Waals surface area contributed by atoms with Crippen LogP contribution in [0.5, 0.6) is 0 Å². The monoisotopic (exact) mass is 475 g/mol. The number of allylic oxidation sites excluding steroid dienone is 4. The van der Waals surface area contributed by atoms with E-state index in [1.165, 1.54) is 82.6 Å². The van der Waals surface area contributed by atoms with Gasteiger partial charge in [0.2, 0.25) is 0 Å². The largest absolute Gasteiger partial charge is 0.330 e. The van der Waals surface area contributed by atoms with E-state index < -0.39 is 0 Å². The van der Waals surface area contributed by atoms with E-state index in [0.29, 0.717) is 5.92 Å². The molecule has 0 spiro atoms. The molecule has 0 aliphatic carbocycles. The van der Waals surface area contributed by atoms with Crippen LogP contribution in [0.15, 0.2) is 23.8 Å². The molecular weight excluding hydrogens is 414 g/mol. The minimum absolute atomic E-state index is 0.313. The fourth-order valence-corrected chi connectivity index (χ4v) is 4.60. The molecule has 0 amide bonds. The number of nitrogens with one attached hydrogen (secondary N) is 2. The molecule has 0 aromatic carbocycles. The van der Waals surface area contributed by atoms with Crippen LogP contribution in [-0.2, 0) is 0 Å². The second-order valence-corrected chi connectivity index (χ2v) is 10.7. The van der Waals surface area contributed by atoms with Crippen LogP contribution in [-0.4, -0.2) is 25.8 Å². The van der Waals surface area contributed by atoms with E-state index >= 15 is 0 Å². The number of hydrogen-bond acceptors (Lipinski definition) is 3. The molecule has 0 bridgehead atoms. The van der Waals surface area contributed by atoms with E-state index in [1.807, 2.05) is 0 Å². The van der Waals surface area contributed by atoms with Crippen molar-refractivity contribution in [3.8, 4) is 0 Å². The van der Waals surface area contributed by atoms with E-state index in [4.69, 9.17) is 11.1 Å². The molecular formula is C31H61N3. The van der Waals surface area contributed by atoms with Crippen molar-refractivity contribution in [2.45, 2.75) is 130 Å². The molecule has 34 heavy (non-hydrogen) atoms. The van der Waals surface area contributed by atoms with Gasteiger partial charge in [0, 0.05) is 12.1 Å². The van der Waals surface area contributed by atoms with Crippen LogP contribution in [0.1, 0.15) is 130 Å². The number of unbranched alkanes of at least 4 members (excludes halogenated alkanes) is 8. The molecule has 0 aromatic heterocycles. The lowest BCUT2D eigenvalue weighted by Crippen LogP contribution is -2.16. The predicted octanol–water partition coefficient (Wildman–Crippen LogP) is 8.84. The normalized spacial score (nSPS) is 14.2. The fourth-order valence-electron chi connectivity index (χ4n) is 4.60. The van der Waals surface area contributed by atoms with Crippen LogP contribution < -0.4 is 11.1 Å². The molecule has 0 aromatic rings. The molecule has 0 rings (SSSR count). The first-order valence-electron chi connectivity index (χ1n) is 14.8. The maximum atomic E-state index is 7.80. The highest BCUT2D eigenvalue weighted by Gasteiger charge is 2.11. The number of hydrogen-bond donors (Lipinski definition) is 3. The average molecular weight is 476 g/mol. The Kier molecular flexibility index (Phi) is 24.5. The van der Waals surface area contributed by atoms with Crippen LogP contribution in [0.25, 0.3) is 0 Å². The van der Waals surface area contributed by atoms with Crippen molar-refractivity contribution in [2.24, 2.45) is 23.5 Å². The van der Waals surface area contributed by atoms with Gasteiger partial charge in [0.25, 0.3) is 0 Å². The molecule has 4 N–H and O–H groups in total. The summed E-state index contributed by atoms with van der Waals surface area (Å²) in [6, 6.07) is 0. The highest BCUT2D eigenvalue weighted by molar-refractivity contribution is 5.59. The first-order valence-corrected chi connectivity index (χ1v) is 14.8. The summed E-state index contributed by atoms with van der Waals surface area (Å²) in [6.07, 6.45) is 29.0. The van der Waals surface area contributed by atoms with Crippen LogP contribution in [0.3, 0.4) is 0 Å². The van der Waals surface area contributed by atoms with Crippen LogP contribution in [0.4, 0.5) is 0 Å². The van der Waals surface area contributed by atoms with Gasteiger partial charge in [0.1, 0.15) is 0 Å². The van der Waals surface area contributed by atoms with Crippen LogP contribution >= 0.6 is 0 Å². The summed E-state index contributed by atoms with van der Waals surface area (Å²) in [5.74, 6) is 1.93. The third kappa shape index (κ3) is 21.6. The molecule has 0 saturated heterocycles. The second-order valence-electron chi connectivity index (χ2n) is 10.7. The first-order chi connectivity index (χ1) is 16.5. The molecule has 3 nitrogen and oxygen atoms in total. The Morgan fingerprint density at radius 3 is 2.15 bits per heavy atom. The molecule has 2 unspecified atom stereocenters. The molecule has 200 valence electrons. The van der Waals surface area contributed by atoms with Crippen molar-refractivity contribution < 1.29 is 0 Å². The maximum absolute atomic E-state index is 7.80. The van der Waals surface area contributed by atoms with Crippen molar-refractivity contribution in [2.75, 3.05) is 19.6 Å². The quantitative estimate of drug-likeness (QED) is 0.0701.